The van der Waals surface area contributed by atoms with Crippen molar-refractivity contribution in [3.05, 3.63) is 12.2 Å². The fourth-order valence-electron chi connectivity index (χ4n) is 5.02. The molecule has 2 unspecified atom stereocenters. The van der Waals surface area contributed by atoms with Gasteiger partial charge < -0.3 is 20.1 Å². The Bertz CT molecular complexity index is 726. The molecule has 0 amide bonds. The lowest BCUT2D eigenvalue weighted by atomic mass is 9.64. The minimum Gasteiger partial charge on any atom is -0.481 e. The number of Topliss-reactive ketones (excluding diaryl/α,β-unsaturated/α-hetero) is 1. The summed E-state index contributed by atoms with van der Waals surface area (Å²) in [6.07, 6.45) is 7.20. The van der Waals surface area contributed by atoms with Crippen LogP contribution < -0.4 is 0 Å². The molecule has 1 rings (SSSR count). The summed E-state index contributed by atoms with van der Waals surface area (Å²) in [5.74, 6) is -6.81. The van der Waals surface area contributed by atoms with Gasteiger partial charge in [-0.15, -0.1) is 0 Å². The molecule has 3 N–H and O–H groups in total. The number of hydrogen-bond donors (Lipinski definition) is 3. The Hall–Kier alpha value is -2.22. The van der Waals surface area contributed by atoms with Crippen molar-refractivity contribution < 1.29 is 39.2 Å². The van der Waals surface area contributed by atoms with Crippen molar-refractivity contribution in [1.29, 1.82) is 0 Å². The molecule has 33 heavy (non-hydrogen) atoms. The topological polar surface area (TPSA) is 138 Å². The number of esters is 1. The first kappa shape index (κ1) is 28.8. The van der Waals surface area contributed by atoms with Gasteiger partial charge >= 0.3 is 17.9 Å². The smallest absolute Gasteiger partial charge is 0.318 e. The van der Waals surface area contributed by atoms with Crippen LogP contribution in [0.4, 0.5) is 0 Å². The highest BCUT2D eigenvalue weighted by atomic mass is 16.5. The van der Waals surface area contributed by atoms with E-state index in [-0.39, 0.29) is 25.9 Å². The fraction of sp³-hybridized carbons (Fsp3) is 0.760. The lowest BCUT2D eigenvalue weighted by molar-refractivity contribution is -0.161. The third kappa shape index (κ3) is 7.13. The number of hydrogen-bond acceptors (Lipinski definition) is 6. The van der Waals surface area contributed by atoms with Crippen molar-refractivity contribution >= 4 is 23.7 Å². The second-order valence-corrected chi connectivity index (χ2v) is 9.25. The zero-order valence-electron chi connectivity index (χ0n) is 20.3. The van der Waals surface area contributed by atoms with E-state index in [1.807, 2.05) is 0 Å². The molecule has 0 saturated heterocycles. The van der Waals surface area contributed by atoms with E-state index in [9.17, 15) is 34.5 Å². The van der Waals surface area contributed by atoms with Crippen molar-refractivity contribution in [3.8, 4) is 0 Å². The number of allylic oxidation sites excluding steroid dienone is 1. The summed E-state index contributed by atoms with van der Waals surface area (Å²) in [6.45, 7) is 7.39. The van der Waals surface area contributed by atoms with Gasteiger partial charge in [0.25, 0.3) is 0 Å². The number of unbranched alkanes of at least 4 members (excludes halogenated alkanes) is 2. The Morgan fingerprint density at radius 3 is 2.36 bits per heavy atom. The van der Waals surface area contributed by atoms with Crippen LogP contribution in [0.5, 0.6) is 0 Å². The zero-order chi connectivity index (χ0) is 25.2. The molecule has 1 aliphatic rings. The van der Waals surface area contributed by atoms with Crippen molar-refractivity contribution in [2.75, 3.05) is 6.61 Å². The standard InChI is InChI=1S/C25H40O8/c1-5-8-9-14-24(4,32)15-13-18-16-19(22(28)29)21(27)25(18,23(30)31)17(6-2)11-10-12-20(26)33-7-3/h13,15,17-19,32H,5-12,14,16H2,1-4H3,(H,28,29)(H,30,31)/t17-,18?,19-,24?,25-/m1/s1. The summed E-state index contributed by atoms with van der Waals surface area (Å²) < 4.78 is 4.92. The quantitative estimate of drug-likeness (QED) is 0.142. The zero-order valence-corrected chi connectivity index (χ0v) is 20.3. The SMILES string of the molecule is CCCCCC(C)(O)C=CC1C[C@@H](C(=O)O)C(=O)[C@@]1(C(=O)O)[C@H](CC)CCCC(=O)OCC. The van der Waals surface area contributed by atoms with Crippen molar-refractivity contribution in [1.82, 2.24) is 0 Å². The van der Waals surface area contributed by atoms with Gasteiger partial charge in [-0.3, -0.25) is 19.2 Å². The molecule has 1 saturated carbocycles. The van der Waals surface area contributed by atoms with Crippen LogP contribution in [0.3, 0.4) is 0 Å². The van der Waals surface area contributed by atoms with E-state index in [0.29, 0.717) is 19.3 Å². The summed E-state index contributed by atoms with van der Waals surface area (Å²) in [5.41, 5.74) is -3.10. The van der Waals surface area contributed by atoms with Gasteiger partial charge in [-0.2, -0.15) is 0 Å². The molecule has 5 atom stereocenters. The Morgan fingerprint density at radius 2 is 1.85 bits per heavy atom. The second-order valence-electron chi connectivity index (χ2n) is 9.25. The monoisotopic (exact) mass is 468 g/mol. The van der Waals surface area contributed by atoms with Crippen LogP contribution in [0.1, 0.15) is 85.5 Å². The van der Waals surface area contributed by atoms with Gasteiger partial charge in [0.2, 0.25) is 0 Å². The largest absolute Gasteiger partial charge is 0.481 e. The molecule has 0 radical (unpaired) electrons. The summed E-state index contributed by atoms with van der Waals surface area (Å²) in [5, 5.41) is 30.6. The Kier molecular flexibility index (Phi) is 11.2. The third-order valence-electron chi connectivity index (χ3n) is 6.80. The number of ketones is 1. The normalized spacial score (nSPS) is 25.7. The number of carbonyl (C=O) groups excluding carboxylic acids is 2. The molecule has 0 aromatic carbocycles. The molecule has 8 nitrogen and oxygen atoms in total. The third-order valence-corrected chi connectivity index (χ3v) is 6.80. The summed E-state index contributed by atoms with van der Waals surface area (Å²) in [6, 6.07) is 0. The second kappa shape index (κ2) is 12.9. The van der Waals surface area contributed by atoms with Crippen LogP contribution in [-0.4, -0.2) is 51.2 Å². The Labute approximate surface area is 196 Å². The van der Waals surface area contributed by atoms with Gasteiger partial charge in [0, 0.05) is 12.3 Å². The molecular formula is C25H40O8. The maximum atomic E-state index is 13.3. The van der Waals surface area contributed by atoms with E-state index >= 15 is 0 Å². The maximum absolute atomic E-state index is 13.3. The van der Waals surface area contributed by atoms with Gasteiger partial charge in [0.15, 0.2) is 5.78 Å². The molecule has 0 spiro atoms. The number of carbonyl (C=O) groups is 4. The highest BCUT2D eigenvalue weighted by molar-refractivity contribution is 6.13. The molecule has 0 bridgehead atoms. The lowest BCUT2D eigenvalue weighted by Gasteiger charge is -2.36. The van der Waals surface area contributed by atoms with Gasteiger partial charge in [-0.25, -0.2) is 0 Å². The van der Waals surface area contributed by atoms with Crippen LogP contribution in [0.15, 0.2) is 12.2 Å². The summed E-state index contributed by atoms with van der Waals surface area (Å²) in [4.78, 5) is 49.5. The molecule has 0 heterocycles. The Balaban J connectivity index is 3.28. The van der Waals surface area contributed by atoms with Gasteiger partial charge in [0.05, 0.1) is 12.2 Å². The fourth-order valence-corrected chi connectivity index (χ4v) is 5.02. The molecule has 8 heteroatoms. The van der Waals surface area contributed by atoms with Crippen LogP contribution >= 0.6 is 0 Å². The van der Waals surface area contributed by atoms with E-state index in [4.69, 9.17) is 4.74 Å². The van der Waals surface area contributed by atoms with Crippen molar-refractivity contribution in [3.63, 3.8) is 0 Å². The van der Waals surface area contributed by atoms with E-state index in [1.165, 1.54) is 12.2 Å². The lowest BCUT2D eigenvalue weighted by Crippen LogP contribution is -2.48. The van der Waals surface area contributed by atoms with Gasteiger partial charge in [0.1, 0.15) is 11.3 Å². The molecule has 0 aromatic rings. The van der Waals surface area contributed by atoms with E-state index in [2.05, 4.69) is 6.92 Å². The highest BCUT2D eigenvalue weighted by Crippen LogP contribution is 2.52. The highest BCUT2D eigenvalue weighted by Gasteiger charge is 2.64. The van der Waals surface area contributed by atoms with Gasteiger partial charge in [-0.05, 0) is 45.4 Å². The van der Waals surface area contributed by atoms with Crippen LogP contribution in [0.2, 0.25) is 0 Å². The van der Waals surface area contributed by atoms with Crippen molar-refractivity contribution in [2.24, 2.45) is 23.2 Å². The summed E-state index contributed by atoms with van der Waals surface area (Å²) in [7, 11) is 0. The maximum Gasteiger partial charge on any atom is 0.318 e. The van der Waals surface area contributed by atoms with E-state index in [1.54, 1.807) is 20.8 Å². The minimum absolute atomic E-state index is 0.100. The van der Waals surface area contributed by atoms with Crippen molar-refractivity contribution in [2.45, 2.75) is 91.1 Å². The molecule has 0 aromatic heterocycles. The molecule has 1 fully saturated rings. The number of carboxylic acid groups (broad SMARTS) is 2. The molecular weight excluding hydrogens is 428 g/mol. The number of rotatable bonds is 15. The minimum atomic E-state index is -1.91. The number of aliphatic carboxylic acids is 2. The number of aliphatic hydroxyl groups is 1. The predicted octanol–water partition coefficient (Wildman–Crippen LogP) is 3.99. The first-order valence-corrected chi connectivity index (χ1v) is 12.1. The average molecular weight is 469 g/mol. The van der Waals surface area contributed by atoms with Gasteiger partial charge in [-0.1, -0.05) is 51.7 Å². The van der Waals surface area contributed by atoms with E-state index < -0.39 is 52.5 Å². The van der Waals surface area contributed by atoms with E-state index in [0.717, 1.165) is 19.3 Å². The number of carboxylic acids is 2. The first-order chi connectivity index (χ1) is 15.5. The van der Waals surface area contributed by atoms with Crippen LogP contribution in [0.25, 0.3) is 0 Å². The molecule has 188 valence electrons. The molecule has 1 aliphatic carbocycles. The predicted molar refractivity (Wildman–Crippen MR) is 122 cm³/mol. The Morgan fingerprint density at radius 1 is 1.18 bits per heavy atom. The average Bonchev–Trinajstić information content (AvgIpc) is 3.03. The summed E-state index contributed by atoms with van der Waals surface area (Å²) >= 11 is 0. The van der Waals surface area contributed by atoms with Crippen LogP contribution in [0, 0.1) is 23.2 Å². The first-order valence-electron chi connectivity index (χ1n) is 12.1. The molecule has 0 aliphatic heterocycles. The van der Waals surface area contributed by atoms with Crippen LogP contribution in [-0.2, 0) is 23.9 Å². The number of ether oxygens (including phenoxy) is 1.